The molecule has 0 radical (unpaired) electrons. The van der Waals surface area contributed by atoms with E-state index in [1.54, 1.807) is 10.7 Å². The zero-order valence-corrected chi connectivity index (χ0v) is 12.0. The van der Waals surface area contributed by atoms with E-state index in [1.807, 2.05) is 38.1 Å². The molecule has 0 aliphatic heterocycles. The van der Waals surface area contributed by atoms with E-state index >= 15 is 0 Å². The Balaban J connectivity index is 2.39. The largest absolute Gasteiger partial charge is 0.216 e. The predicted molar refractivity (Wildman–Crippen MR) is 77.9 cm³/mol. The van der Waals surface area contributed by atoms with E-state index < -0.39 is 0 Å². The summed E-state index contributed by atoms with van der Waals surface area (Å²) in [6.07, 6.45) is 1.73. The van der Waals surface area contributed by atoms with E-state index in [4.69, 9.17) is 23.2 Å². The van der Waals surface area contributed by atoms with Crippen molar-refractivity contribution in [2.45, 2.75) is 13.8 Å². The minimum atomic E-state index is 0.399. The summed E-state index contributed by atoms with van der Waals surface area (Å²) in [6.45, 7) is 3.94. The normalized spacial score (nSPS) is 11.2. The van der Waals surface area contributed by atoms with Gasteiger partial charge >= 0.3 is 0 Å². The third-order valence-corrected chi connectivity index (χ3v) is 3.76. The number of aromatic nitrogens is 3. The minimum Gasteiger partial charge on any atom is -0.216 e. The molecule has 0 aliphatic carbocycles. The molecule has 0 spiro atoms. The van der Waals surface area contributed by atoms with Crippen molar-refractivity contribution in [3.63, 3.8) is 0 Å². The average Bonchev–Trinajstić information content (AvgIpc) is 2.74. The lowest BCUT2D eigenvalue weighted by Crippen LogP contribution is -1.98. The van der Waals surface area contributed by atoms with E-state index in [-0.39, 0.29) is 0 Å². The first-order chi connectivity index (χ1) is 9.09. The Hall–Kier alpha value is -1.58. The molecule has 2 heterocycles. The Morgan fingerprint density at radius 1 is 1.05 bits per heavy atom. The number of rotatable bonds is 1. The van der Waals surface area contributed by atoms with Crippen LogP contribution < -0.4 is 0 Å². The first-order valence-electron chi connectivity index (χ1n) is 5.85. The summed E-state index contributed by atoms with van der Waals surface area (Å²) in [5.41, 5.74) is 4.42. The molecule has 19 heavy (non-hydrogen) atoms. The second kappa shape index (κ2) is 4.51. The second-order valence-electron chi connectivity index (χ2n) is 4.45. The highest BCUT2D eigenvalue weighted by molar-refractivity contribution is 6.38. The van der Waals surface area contributed by atoms with Gasteiger partial charge in [0.25, 0.3) is 0 Å². The quantitative estimate of drug-likeness (QED) is 0.625. The number of fused-ring (bicyclic) bond motifs is 1. The van der Waals surface area contributed by atoms with E-state index in [2.05, 4.69) is 10.1 Å². The van der Waals surface area contributed by atoms with Gasteiger partial charge in [-0.2, -0.15) is 5.10 Å². The van der Waals surface area contributed by atoms with Crippen LogP contribution >= 0.6 is 23.2 Å². The van der Waals surface area contributed by atoms with Crippen molar-refractivity contribution in [1.29, 1.82) is 0 Å². The molecule has 96 valence electrons. The molecule has 0 N–H and O–H groups in total. The topological polar surface area (TPSA) is 30.2 Å². The van der Waals surface area contributed by atoms with Gasteiger partial charge in [-0.25, -0.2) is 9.50 Å². The van der Waals surface area contributed by atoms with Crippen molar-refractivity contribution >= 4 is 28.8 Å². The number of benzene rings is 1. The maximum absolute atomic E-state index is 6.44. The van der Waals surface area contributed by atoms with E-state index in [0.717, 1.165) is 22.3 Å². The van der Waals surface area contributed by atoms with Gasteiger partial charge in [0.2, 0.25) is 0 Å². The molecule has 0 saturated heterocycles. The second-order valence-corrected chi connectivity index (χ2v) is 5.16. The predicted octanol–water partition coefficient (Wildman–Crippen LogP) is 4.32. The van der Waals surface area contributed by atoms with Crippen LogP contribution in [0.15, 0.2) is 30.5 Å². The molecule has 3 rings (SSSR count). The highest BCUT2D eigenvalue weighted by Gasteiger charge is 2.17. The Morgan fingerprint density at radius 3 is 2.53 bits per heavy atom. The van der Waals surface area contributed by atoms with Crippen LogP contribution in [0.2, 0.25) is 10.3 Å². The highest BCUT2D eigenvalue weighted by Crippen LogP contribution is 2.35. The first kappa shape index (κ1) is 12.5. The maximum Gasteiger partial charge on any atom is 0.161 e. The van der Waals surface area contributed by atoms with Gasteiger partial charge in [-0.3, -0.25) is 0 Å². The maximum atomic E-state index is 6.44. The summed E-state index contributed by atoms with van der Waals surface area (Å²) in [5.74, 6) is 0. The van der Waals surface area contributed by atoms with Gasteiger partial charge in [-0.1, -0.05) is 47.5 Å². The van der Waals surface area contributed by atoms with Gasteiger partial charge in [0.05, 0.1) is 11.8 Å². The van der Waals surface area contributed by atoms with Gasteiger partial charge in [0.1, 0.15) is 10.3 Å². The van der Waals surface area contributed by atoms with E-state index in [0.29, 0.717) is 16.0 Å². The molecule has 0 atom stereocenters. The van der Waals surface area contributed by atoms with E-state index in [1.165, 1.54) is 0 Å². The zero-order chi connectivity index (χ0) is 13.6. The summed E-state index contributed by atoms with van der Waals surface area (Å²) < 4.78 is 1.62. The lowest BCUT2D eigenvalue weighted by Gasteiger charge is -2.10. The van der Waals surface area contributed by atoms with Crippen LogP contribution in [0, 0.1) is 13.8 Å². The fourth-order valence-electron chi connectivity index (χ4n) is 2.12. The molecule has 0 bridgehead atoms. The smallest absolute Gasteiger partial charge is 0.161 e. The third kappa shape index (κ3) is 1.90. The lowest BCUT2D eigenvalue weighted by atomic mass is 10.0. The fraction of sp³-hybridized carbons (Fsp3) is 0.143. The van der Waals surface area contributed by atoms with Crippen LogP contribution in [0.3, 0.4) is 0 Å². The number of hydrogen-bond acceptors (Lipinski definition) is 2. The molecule has 2 aromatic heterocycles. The average molecular weight is 292 g/mol. The molecule has 0 aliphatic rings. The van der Waals surface area contributed by atoms with Crippen molar-refractivity contribution in [3.8, 4) is 11.1 Å². The molecular weight excluding hydrogens is 281 g/mol. The van der Waals surface area contributed by atoms with Crippen LogP contribution in [-0.4, -0.2) is 14.6 Å². The van der Waals surface area contributed by atoms with Crippen LogP contribution in [0.1, 0.15) is 11.1 Å². The van der Waals surface area contributed by atoms with Crippen LogP contribution in [0.5, 0.6) is 0 Å². The molecule has 3 nitrogen and oxygen atoms in total. The van der Waals surface area contributed by atoms with Crippen LogP contribution in [-0.2, 0) is 0 Å². The minimum absolute atomic E-state index is 0.399. The Bertz CT molecular complexity index is 778. The first-order valence-corrected chi connectivity index (χ1v) is 6.60. The molecule has 1 aromatic carbocycles. The molecule has 0 fully saturated rings. The Kier molecular flexibility index (Phi) is 2.96. The monoisotopic (exact) mass is 291 g/mol. The summed E-state index contributed by atoms with van der Waals surface area (Å²) in [7, 11) is 0. The lowest BCUT2D eigenvalue weighted by molar-refractivity contribution is 0.942. The summed E-state index contributed by atoms with van der Waals surface area (Å²) in [4.78, 5) is 4.39. The van der Waals surface area contributed by atoms with Gasteiger partial charge in [-0.15, -0.1) is 0 Å². The standard InChI is InChI=1S/C14H11Cl2N3/c1-8-5-3-4-6-10(8)11-12(15)18-14-9(2)7-17-19(14)13(11)16/h3-7H,1-2H3. The summed E-state index contributed by atoms with van der Waals surface area (Å²) in [5, 5.41) is 5.12. The third-order valence-electron chi connectivity index (χ3n) is 3.14. The van der Waals surface area contributed by atoms with Crippen molar-refractivity contribution in [2.75, 3.05) is 0 Å². The number of nitrogens with zero attached hydrogens (tertiary/aromatic N) is 3. The summed E-state index contributed by atoms with van der Waals surface area (Å²) >= 11 is 12.7. The summed E-state index contributed by atoms with van der Waals surface area (Å²) in [6, 6.07) is 7.92. The van der Waals surface area contributed by atoms with Gasteiger partial charge in [0.15, 0.2) is 5.65 Å². The van der Waals surface area contributed by atoms with Crippen molar-refractivity contribution in [3.05, 3.63) is 51.9 Å². The SMILES string of the molecule is Cc1ccccc1-c1c(Cl)nc2c(C)cnn2c1Cl. The zero-order valence-electron chi connectivity index (χ0n) is 10.5. The number of halogens is 2. The van der Waals surface area contributed by atoms with Crippen molar-refractivity contribution in [1.82, 2.24) is 14.6 Å². The molecule has 5 heteroatoms. The van der Waals surface area contributed by atoms with Crippen LogP contribution in [0.4, 0.5) is 0 Å². The Labute approximate surface area is 120 Å². The van der Waals surface area contributed by atoms with Gasteiger partial charge in [0, 0.05) is 5.56 Å². The Morgan fingerprint density at radius 2 is 1.79 bits per heavy atom. The highest BCUT2D eigenvalue weighted by atomic mass is 35.5. The molecule has 0 saturated carbocycles. The van der Waals surface area contributed by atoms with Crippen molar-refractivity contribution < 1.29 is 0 Å². The molecule has 0 amide bonds. The number of aryl methyl sites for hydroxylation is 2. The molecule has 3 aromatic rings. The molecule has 0 unspecified atom stereocenters. The number of hydrogen-bond donors (Lipinski definition) is 0. The fourth-order valence-corrected chi connectivity index (χ4v) is 2.75. The van der Waals surface area contributed by atoms with E-state index in [9.17, 15) is 0 Å². The van der Waals surface area contributed by atoms with Crippen LogP contribution in [0.25, 0.3) is 16.8 Å². The van der Waals surface area contributed by atoms with Gasteiger partial charge < -0.3 is 0 Å². The van der Waals surface area contributed by atoms with Crippen molar-refractivity contribution in [2.24, 2.45) is 0 Å². The molecular formula is C14H11Cl2N3. The van der Waals surface area contributed by atoms with Gasteiger partial charge in [-0.05, 0) is 25.0 Å².